The summed E-state index contributed by atoms with van der Waals surface area (Å²) in [5.74, 6) is -3.15. The number of hydrogen-bond donors (Lipinski definition) is 1. The molecule has 5 nitrogen and oxygen atoms in total. The highest BCUT2D eigenvalue weighted by Gasteiger charge is 2.68. The first kappa shape index (κ1) is 27.2. The molecule has 0 aromatic heterocycles. The van der Waals surface area contributed by atoms with Crippen molar-refractivity contribution in [3.63, 3.8) is 0 Å². The molecule has 0 unspecified atom stereocenters. The Morgan fingerprint density at radius 1 is 0.861 bits per heavy atom. The van der Waals surface area contributed by atoms with Crippen molar-refractivity contribution in [3.8, 4) is 0 Å². The summed E-state index contributed by atoms with van der Waals surface area (Å²) in [6.45, 7) is -0.589. The lowest BCUT2D eigenvalue weighted by Crippen LogP contribution is -2.58. The van der Waals surface area contributed by atoms with E-state index in [2.05, 4.69) is 5.32 Å². The molecule has 0 saturated carbocycles. The molecule has 0 amide bonds. The van der Waals surface area contributed by atoms with Crippen LogP contribution in [0.5, 0.6) is 0 Å². The van der Waals surface area contributed by atoms with Crippen molar-refractivity contribution in [2.45, 2.75) is 30.5 Å². The van der Waals surface area contributed by atoms with Crippen LogP contribution in [0.15, 0.2) is 84.9 Å². The fraction of sp³-hybridized carbons (Fsp3) is 0.231. The number of halogens is 5. The Balaban J connectivity index is 2.08. The molecule has 3 rings (SSSR count). The van der Waals surface area contributed by atoms with Crippen molar-refractivity contribution in [2.24, 2.45) is 0 Å². The second-order valence-corrected chi connectivity index (χ2v) is 8.23. The number of carbonyl (C=O) groups excluding carboxylic acids is 2. The number of rotatable bonds is 9. The summed E-state index contributed by atoms with van der Waals surface area (Å²) < 4.78 is 68.9. The van der Waals surface area contributed by atoms with Crippen molar-refractivity contribution in [1.82, 2.24) is 5.32 Å². The van der Waals surface area contributed by atoms with E-state index in [1.165, 1.54) is 36.4 Å². The molecule has 0 aliphatic rings. The lowest BCUT2D eigenvalue weighted by Gasteiger charge is -2.36. The molecule has 3 atom stereocenters. The van der Waals surface area contributed by atoms with Crippen molar-refractivity contribution in [2.75, 3.05) is 7.11 Å². The van der Waals surface area contributed by atoms with Crippen molar-refractivity contribution < 1.29 is 36.6 Å². The monoisotopic (exact) mass is 523 g/mol. The summed E-state index contributed by atoms with van der Waals surface area (Å²) >= 11 is 5.87. The van der Waals surface area contributed by atoms with Crippen LogP contribution in [0, 0.1) is 0 Å². The zero-order valence-corrected chi connectivity index (χ0v) is 19.7. The second-order valence-electron chi connectivity index (χ2n) is 7.79. The van der Waals surface area contributed by atoms with Gasteiger partial charge < -0.3 is 9.47 Å². The van der Waals surface area contributed by atoms with Gasteiger partial charge in [0, 0.05) is 5.02 Å². The standard InChI is InChI=1S/C26H22ClF4NO4/c1-35-23(33)21(18-10-6-3-7-11-18)32-22(19-12-14-20(27)15-13-19)25(28,26(29,30)31)24(34)36-16-17-8-4-2-5-9-17/h2-15,21-22,32H,16H2,1H3/t21-,22+,25+/m0/s1. The fourth-order valence-corrected chi connectivity index (χ4v) is 3.68. The minimum Gasteiger partial charge on any atom is -0.468 e. The maximum atomic E-state index is 16.2. The smallest absolute Gasteiger partial charge is 0.435 e. The molecular formula is C26H22ClF4NO4. The molecule has 0 aliphatic heterocycles. The Morgan fingerprint density at radius 3 is 1.94 bits per heavy atom. The van der Waals surface area contributed by atoms with E-state index in [1.807, 2.05) is 0 Å². The van der Waals surface area contributed by atoms with Gasteiger partial charge in [-0.05, 0) is 28.8 Å². The zero-order chi connectivity index (χ0) is 26.3. The van der Waals surface area contributed by atoms with E-state index in [-0.39, 0.29) is 16.1 Å². The Kier molecular flexibility index (Phi) is 8.70. The van der Waals surface area contributed by atoms with Gasteiger partial charge in [0.05, 0.1) is 13.2 Å². The molecule has 0 heterocycles. The molecule has 0 radical (unpaired) electrons. The van der Waals surface area contributed by atoms with Gasteiger partial charge in [0.1, 0.15) is 12.6 Å². The maximum Gasteiger partial charge on any atom is 0.435 e. The quantitative estimate of drug-likeness (QED) is 0.279. The number of carbonyl (C=O) groups is 2. The molecule has 0 spiro atoms. The third kappa shape index (κ3) is 6.03. The molecule has 3 aromatic rings. The minimum absolute atomic E-state index is 0.174. The molecule has 0 saturated heterocycles. The molecule has 190 valence electrons. The van der Waals surface area contributed by atoms with Crippen molar-refractivity contribution >= 4 is 23.5 Å². The normalized spacial score (nSPS) is 14.8. The van der Waals surface area contributed by atoms with Crippen LogP contribution in [0.2, 0.25) is 5.02 Å². The summed E-state index contributed by atoms with van der Waals surface area (Å²) in [7, 11) is 1.04. The van der Waals surface area contributed by atoms with Gasteiger partial charge in [-0.2, -0.15) is 13.2 Å². The summed E-state index contributed by atoms with van der Waals surface area (Å²) in [4.78, 5) is 25.4. The Bertz CT molecular complexity index is 1160. The Hall–Kier alpha value is -3.43. The van der Waals surface area contributed by atoms with Crippen LogP contribution in [0.1, 0.15) is 28.8 Å². The number of methoxy groups -OCH3 is 1. The first-order chi connectivity index (χ1) is 17.1. The minimum atomic E-state index is -5.73. The SMILES string of the molecule is COC(=O)[C@@H](N[C@H](c1ccc(Cl)cc1)[C@@](F)(C(=O)OCc1ccccc1)C(F)(F)F)c1ccccc1. The summed E-state index contributed by atoms with van der Waals surface area (Å²) in [5, 5.41) is 2.54. The Morgan fingerprint density at radius 2 is 1.42 bits per heavy atom. The highest BCUT2D eigenvalue weighted by Crippen LogP contribution is 2.45. The predicted octanol–water partition coefficient (Wildman–Crippen LogP) is 5.90. The molecule has 0 aliphatic carbocycles. The van der Waals surface area contributed by atoms with Gasteiger partial charge in [-0.3, -0.25) is 5.32 Å². The molecule has 3 aromatic carbocycles. The third-order valence-corrected chi connectivity index (χ3v) is 5.68. The number of alkyl halides is 4. The number of esters is 2. The summed E-state index contributed by atoms with van der Waals surface area (Å²) in [6, 6.07) is 16.3. The number of benzene rings is 3. The molecule has 0 fully saturated rings. The predicted molar refractivity (Wildman–Crippen MR) is 125 cm³/mol. The molecule has 36 heavy (non-hydrogen) atoms. The molecule has 10 heteroatoms. The van der Waals surface area contributed by atoms with Gasteiger partial charge in [0.2, 0.25) is 0 Å². The van der Waals surface area contributed by atoms with Crippen LogP contribution in [-0.2, 0) is 25.7 Å². The van der Waals surface area contributed by atoms with Crippen LogP contribution in [-0.4, -0.2) is 30.9 Å². The highest BCUT2D eigenvalue weighted by molar-refractivity contribution is 6.30. The van der Waals surface area contributed by atoms with Crippen LogP contribution in [0.4, 0.5) is 17.6 Å². The first-order valence-corrected chi connectivity index (χ1v) is 11.1. The lowest BCUT2D eigenvalue weighted by molar-refractivity contribution is -0.249. The molecule has 1 N–H and O–H groups in total. The van der Waals surface area contributed by atoms with E-state index in [0.29, 0.717) is 5.56 Å². The van der Waals surface area contributed by atoms with Gasteiger partial charge in [-0.25, -0.2) is 14.0 Å². The van der Waals surface area contributed by atoms with E-state index in [4.69, 9.17) is 21.1 Å². The zero-order valence-electron chi connectivity index (χ0n) is 19.0. The van der Waals surface area contributed by atoms with Crippen LogP contribution >= 0.6 is 11.6 Å². The van der Waals surface area contributed by atoms with Crippen LogP contribution < -0.4 is 5.32 Å². The second kappa shape index (κ2) is 11.5. The van der Waals surface area contributed by atoms with Gasteiger partial charge in [0.25, 0.3) is 0 Å². The molecular weight excluding hydrogens is 502 g/mol. The average molecular weight is 524 g/mol. The van der Waals surface area contributed by atoms with E-state index in [1.54, 1.807) is 36.4 Å². The topological polar surface area (TPSA) is 64.6 Å². The van der Waals surface area contributed by atoms with Gasteiger partial charge in [-0.15, -0.1) is 0 Å². The maximum absolute atomic E-state index is 16.2. The average Bonchev–Trinajstić information content (AvgIpc) is 2.88. The number of hydrogen-bond acceptors (Lipinski definition) is 5. The van der Waals surface area contributed by atoms with E-state index in [9.17, 15) is 22.8 Å². The van der Waals surface area contributed by atoms with E-state index < -0.39 is 42.5 Å². The fourth-order valence-electron chi connectivity index (χ4n) is 3.55. The largest absolute Gasteiger partial charge is 0.468 e. The number of nitrogens with one attached hydrogen (secondary N) is 1. The van der Waals surface area contributed by atoms with E-state index in [0.717, 1.165) is 19.2 Å². The lowest BCUT2D eigenvalue weighted by atomic mass is 9.87. The Labute approximate surface area is 210 Å². The van der Waals surface area contributed by atoms with Gasteiger partial charge >= 0.3 is 23.8 Å². The van der Waals surface area contributed by atoms with E-state index >= 15 is 4.39 Å². The number of ether oxygens (including phenoxy) is 2. The van der Waals surface area contributed by atoms with Gasteiger partial charge in [-0.1, -0.05) is 84.4 Å². The van der Waals surface area contributed by atoms with Crippen LogP contribution in [0.25, 0.3) is 0 Å². The van der Waals surface area contributed by atoms with Crippen LogP contribution in [0.3, 0.4) is 0 Å². The summed E-state index contributed by atoms with van der Waals surface area (Å²) in [6.07, 6.45) is -5.73. The van der Waals surface area contributed by atoms with Gasteiger partial charge in [0.15, 0.2) is 0 Å². The highest BCUT2D eigenvalue weighted by atomic mass is 35.5. The molecule has 0 bridgehead atoms. The third-order valence-electron chi connectivity index (χ3n) is 5.43. The van der Waals surface area contributed by atoms with Crippen molar-refractivity contribution in [3.05, 3.63) is 107 Å². The summed E-state index contributed by atoms with van der Waals surface area (Å²) in [5.41, 5.74) is -4.31. The van der Waals surface area contributed by atoms with Crippen molar-refractivity contribution in [1.29, 1.82) is 0 Å². The first-order valence-electron chi connectivity index (χ1n) is 10.7.